The van der Waals surface area contributed by atoms with Crippen molar-refractivity contribution >= 4 is 23.8 Å². The third-order valence-electron chi connectivity index (χ3n) is 7.00. The van der Waals surface area contributed by atoms with Gasteiger partial charge < -0.3 is 30.7 Å². The highest BCUT2D eigenvalue weighted by atomic mass is 16.6. The van der Waals surface area contributed by atoms with Crippen LogP contribution in [0.4, 0.5) is 15.3 Å². The zero-order valence-electron chi connectivity index (χ0n) is 24.0. The molecule has 0 spiro atoms. The number of carbonyl (C=O) groups excluding carboxylic acids is 3. The van der Waals surface area contributed by atoms with Crippen LogP contribution in [0.5, 0.6) is 0 Å². The fraction of sp³-hybridized carbons (Fsp3) is 0.633. The van der Waals surface area contributed by atoms with E-state index in [0.717, 1.165) is 49.9 Å². The van der Waals surface area contributed by atoms with E-state index < -0.39 is 11.6 Å². The molecule has 216 valence electrons. The van der Waals surface area contributed by atoms with Gasteiger partial charge in [-0.25, -0.2) is 14.4 Å². The summed E-state index contributed by atoms with van der Waals surface area (Å²) < 4.78 is 11.0. The molecule has 9 nitrogen and oxygen atoms in total. The fourth-order valence-corrected chi connectivity index (χ4v) is 4.97. The number of hydrogen-bond acceptors (Lipinski definition) is 6. The maximum absolute atomic E-state index is 13.2. The summed E-state index contributed by atoms with van der Waals surface area (Å²) in [6, 6.07) is 6.92. The Labute approximate surface area is 232 Å². The Morgan fingerprint density at radius 3 is 2.36 bits per heavy atom. The Hall–Kier alpha value is -3.23. The maximum atomic E-state index is 13.2. The van der Waals surface area contributed by atoms with Gasteiger partial charge in [-0.1, -0.05) is 38.3 Å². The van der Waals surface area contributed by atoms with E-state index in [2.05, 4.69) is 21.3 Å². The summed E-state index contributed by atoms with van der Waals surface area (Å²) in [4.78, 5) is 37.2. The number of alkyl carbamates (subject to hydrolysis) is 1. The minimum absolute atomic E-state index is 0.316. The van der Waals surface area contributed by atoms with Crippen molar-refractivity contribution in [1.29, 1.82) is 0 Å². The van der Waals surface area contributed by atoms with Gasteiger partial charge in [-0.05, 0) is 82.9 Å². The molecular formula is C30H46N4O5. The Morgan fingerprint density at radius 2 is 1.69 bits per heavy atom. The number of hydrogen-bond donors (Lipinski definition) is 4. The van der Waals surface area contributed by atoms with Gasteiger partial charge in [-0.2, -0.15) is 0 Å². The molecule has 1 aliphatic carbocycles. The van der Waals surface area contributed by atoms with Crippen molar-refractivity contribution in [2.45, 2.75) is 97.1 Å². The highest BCUT2D eigenvalue weighted by molar-refractivity contribution is 5.95. The summed E-state index contributed by atoms with van der Waals surface area (Å²) in [5.41, 5.74) is 2.40. The molecule has 1 aromatic carbocycles. The number of carbonyl (C=O) groups is 3. The van der Waals surface area contributed by atoms with Crippen molar-refractivity contribution in [3.05, 3.63) is 41.1 Å². The second kappa shape index (κ2) is 14.8. The molecule has 0 aromatic heterocycles. The van der Waals surface area contributed by atoms with E-state index in [1.807, 2.05) is 52.0 Å². The average Bonchev–Trinajstić information content (AvgIpc) is 2.90. The number of unbranched alkanes of at least 4 members (excludes halogenated alkanes) is 2. The number of ether oxygens (including phenoxy) is 2. The average molecular weight is 543 g/mol. The Bertz CT molecular complexity index is 994. The third-order valence-corrected chi connectivity index (χ3v) is 7.00. The van der Waals surface area contributed by atoms with Crippen LogP contribution in [0.1, 0.15) is 97.1 Å². The molecule has 0 radical (unpaired) electrons. The van der Waals surface area contributed by atoms with Crippen LogP contribution < -0.4 is 21.3 Å². The lowest BCUT2D eigenvalue weighted by Gasteiger charge is -2.30. The number of rotatable bonds is 12. The number of allylic oxidation sites excluding steroid dienone is 1. The Kier molecular flexibility index (Phi) is 11.5. The van der Waals surface area contributed by atoms with Crippen LogP contribution in [0.15, 0.2) is 35.5 Å². The molecule has 3 rings (SSSR count). The highest BCUT2D eigenvalue weighted by Crippen LogP contribution is 2.31. The Balaban J connectivity index is 1.49. The van der Waals surface area contributed by atoms with Crippen molar-refractivity contribution in [3.8, 4) is 0 Å². The first-order valence-corrected chi connectivity index (χ1v) is 14.4. The standard InChI is InChI=1S/C30H46N4O5/c1-5-24-25(27(35)38-20-21-12-8-6-9-13-21)26(34-28(36)33-24)22-14-16-23(17-15-22)31-18-10-7-11-19-32-29(37)39-30(2,3)4/h14-17,21,26,31H,5-13,18-20H2,1-4H3,(H,32,37)(H2,33,34,36). The first-order valence-electron chi connectivity index (χ1n) is 14.4. The lowest BCUT2D eigenvalue weighted by Crippen LogP contribution is -2.46. The highest BCUT2D eigenvalue weighted by Gasteiger charge is 2.33. The smallest absolute Gasteiger partial charge is 0.407 e. The second-order valence-corrected chi connectivity index (χ2v) is 11.4. The van der Waals surface area contributed by atoms with Crippen molar-refractivity contribution in [2.75, 3.05) is 25.0 Å². The van der Waals surface area contributed by atoms with Crippen LogP contribution >= 0.6 is 0 Å². The monoisotopic (exact) mass is 542 g/mol. The molecule has 1 aliphatic heterocycles. The van der Waals surface area contributed by atoms with E-state index in [1.165, 1.54) is 19.3 Å². The van der Waals surface area contributed by atoms with Crippen molar-refractivity contribution in [1.82, 2.24) is 16.0 Å². The summed E-state index contributed by atoms with van der Waals surface area (Å²) in [5.74, 6) is 0.0582. The molecule has 1 aromatic rings. The predicted octanol–water partition coefficient (Wildman–Crippen LogP) is 5.94. The van der Waals surface area contributed by atoms with Crippen molar-refractivity contribution in [3.63, 3.8) is 0 Å². The topological polar surface area (TPSA) is 118 Å². The molecule has 1 unspecified atom stereocenters. The number of amides is 3. The summed E-state index contributed by atoms with van der Waals surface area (Å²) in [7, 11) is 0. The molecular weight excluding hydrogens is 496 g/mol. The molecule has 3 amide bonds. The lowest BCUT2D eigenvalue weighted by molar-refractivity contribution is -0.141. The predicted molar refractivity (Wildman–Crippen MR) is 152 cm³/mol. The molecule has 0 saturated heterocycles. The number of esters is 1. The molecule has 1 saturated carbocycles. The quantitative estimate of drug-likeness (QED) is 0.192. The molecule has 2 aliphatic rings. The van der Waals surface area contributed by atoms with Crippen LogP contribution in [-0.2, 0) is 14.3 Å². The van der Waals surface area contributed by atoms with E-state index in [1.54, 1.807) is 0 Å². The van der Waals surface area contributed by atoms with Crippen LogP contribution in [0.2, 0.25) is 0 Å². The van der Waals surface area contributed by atoms with Gasteiger partial charge in [0.25, 0.3) is 0 Å². The first kappa shape index (κ1) is 30.3. The third kappa shape index (κ3) is 10.1. The van der Waals surface area contributed by atoms with Gasteiger partial charge in [-0.3, -0.25) is 0 Å². The minimum atomic E-state index is -0.556. The normalized spacial score (nSPS) is 18.2. The molecule has 39 heavy (non-hydrogen) atoms. The molecule has 0 bridgehead atoms. The molecule has 1 atom stereocenters. The number of benzene rings is 1. The molecule has 9 heteroatoms. The van der Waals surface area contributed by atoms with Gasteiger partial charge in [0.05, 0.1) is 18.2 Å². The number of nitrogens with one attached hydrogen (secondary N) is 4. The fourth-order valence-electron chi connectivity index (χ4n) is 4.97. The van der Waals surface area contributed by atoms with E-state index in [9.17, 15) is 14.4 Å². The van der Waals surface area contributed by atoms with Gasteiger partial charge in [-0.15, -0.1) is 0 Å². The zero-order valence-corrected chi connectivity index (χ0v) is 24.0. The van der Waals surface area contributed by atoms with Crippen LogP contribution in [0.25, 0.3) is 0 Å². The summed E-state index contributed by atoms with van der Waals surface area (Å²) in [6.45, 7) is 9.28. The van der Waals surface area contributed by atoms with Crippen LogP contribution in [0, 0.1) is 5.92 Å². The molecule has 1 heterocycles. The number of urea groups is 1. The van der Waals surface area contributed by atoms with Crippen molar-refractivity contribution < 1.29 is 23.9 Å². The van der Waals surface area contributed by atoms with E-state index in [4.69, 9.17) is 9.47 Å². The van der Waals surface area contributed by atoms with Gasteiger partial charge >= 0.3 is 18.1 Å². The Morgan fingerprint density at radius 1 is 1.00 bits per heavy atom. The minimum Gasteiger partial charge on any atom is -0.462 e. The van der Waals surface area contributed by atoms with Crippen LogP contribution in [-0.4, -0.2) is 43.4 Å². The maximum Gasteiger partial charge on any atom is 0.407 e. The van der Waals surface area contributed by atoms with Gasteiger partial charge in [0.2, 0.25) is 0 Å². The summed E-state index contributed by atoms with van der Waals surface area (Å²) in [5, 5.41) is 11.9. The van der Waals surface area contributed by atoms with Crippen LogP contribution in [0.3, 0.4) is 0 Å². The lowest BCUT2D eigenvalue weighted by atomic mass is 9.90. The molecule has 1 fully saturated rings. The summed E-state index contributed by atoms with van der Waals surface area (Å²) >= 11 is 0. The molecule has 4 N–H and O–H groups in total. The van der Waals surface area contributed by atoms with E-state index in [-0.39, 0.29) is 18.1 Å². The second-order valence-electron chi connectivity index (χ2n) is 11.4. The SMILES string of the molecule is CCC1=C(C(=O)OCC2CCCCC2)C(c2ccc(NCCCCCNC(=O)OC(C)(C)C)cc2)NC(=O)N1. The van der Waals surface area contributed by atoms with Crippen molar-refractivity contribution in [2.24, 2.45) is 5.92 Å². The van der Waals surface area contributed by atoms with E-state index in [0.29, 0.717) is 36.8 Å². The number of anilines is 1. The van der Waals surface area contributed by atoms with Gasteiger partial charge in [0, 0.05) is 24.5 Å². The van der Waals surface area contributed by atoms with Gasteiger partial charge in [0.15, 0.2) is 0 Å². The zero-order chi connectivity index (χ0) is 28.3. The summed E-state index contributed by atoms with van der Waals surface area (Å²) in [6.07, 6.45) is 8.80. The van der Waals surface area contributed by atoms with E-state index >= 15 is 0 Å². The van der Waals surface area contributed by atoms with Gasteiger partial charge in [0.1, 0.15) is 5.60 Å². The largest absolute Gasteiger partial charge is 0.462 e. The first-order chi connectivity index (χ1) is 18.7.